The predicted octanol–water partition coefficient (Wildman–Crippen LogP) is 3.75. The van der Waals surface area contributed by atoms with Gasteiger partial charge in [0.2, 0.25) is 6.34 Å². The molecule has 0 spiro atoms. The fourth-order valence-electron chi connectivity index (χ4n) is 2.98. The predicted molar refractivity (Wildman–Crippen MR) is 90.5 cm³/mol. The van der Waals surface area contributed by atoms with E-state index in [1.807, 2.05) is 37.3 Å². The first-order valence-corrected chi connectivity index (χ1v) is 7.86. The van der Waals surface area contributed by atoms with E-state index < -0.39 is 0 Å². The van der Waals surface area contributed by atoms with Gasteiger partial charge < -0.3 is 0 Å². The normalized spacial score (nSPS) is 20.5. The Morgan fingerprint density at radius 1 is 1.26 bits per heavy atom. The van der Waals surface area contributed by atoms with E-state index in [4.69, 9.17) is 0 Å². The molecule has 3 rings (SSSR count). The van der Waals surface area contributed by atoms with Crippen molar-refractivity contribution in [1.82, 2.24) is 9.55 Å². The van der Waals surface area contributed by atoms with Crippen molar-refractivity contribution in [2.24, 2.45) is 10.9 Å². The zero-order valence-corrected chi connectivity index (χ0v) is 13.7. The first kappa shape index (κ1) is 15.4. The number of carbonyl (C=O) groups excluding carboxylic acids is 1. The van der Waals surface area contributed by atoms with Crippen LogP contribution in [-0.4, -0.2) is 32.9 Å². The molecule has 1 atom stereocenters. The van der Waals surface area contributed by atoms with Gasteiger partial charge in [-0.15, -0.1) is 0 Å². The van der Waals surface area contributed by atoms with Crippen LogP contribution in [0.1, 0.15) is 26.3 Å². The van der Waals surface area contributed by atoms with Crippen molar-refractivity contribution in [3.63, 3.8) is 0 Å². The highest BCUT2D eigenvalue weighted by Gasteiger charge is 2.46. The molecule has 0 saturated carbocycles. The van der Waals surface area contributed by atoms with Crippen LogP contribution in [0.4, 0.5) is 4.79 Å². The van der Waals surface area contributed by atoms with Gasteiger partial charge in [0.25, 0.3) is 0 Å². The zero-order valence-electron chi connectivity index (χ0n) is 13.7. The molecule has 1 unspecified atom stereocenters. The van der Waals surface area contributed by atoms with Crippen LogP contribution >= 0.6 is 0 Å². The molecule has 1 aliphatic heterocycles. The van der Waals surface area contributed by atoms with Crippen molar-refractivity contribution in [3.8, 4) is 0 Å². The Balaban J connectivity index is 2.20. The van der Waals surface area contributed by atoms with Crippen LogP contribution in [0.5, 0.6) is 0 Å². The largest absolute Gasteiger partial charge is 0.439 e. The Hall–Kier alpha value is -2.53. The summed E-state index contributed by atoms with van der Waals surface area (Å²) in [5, 5.41) is 0. The molecule has 1 aromatic heterocycles. The summed E-state index contributed by atoms with van der Waals surface area (Å²) in [5.41, 5.74) is 2.96. The van der Waals surface area contributed by atoms with E-state index >= 15 is 0 Å². The van der Waals surface area contributed by atoms with E-state index in [1.54, 1.807) is 25.1 Å². The molecule has 0 bridgehead atoms. The lowest BCUT2D eigenvalue weighted by Gasteiger charge is -2.29. The molecule has 0 fully saturated rings. The summed E-state index contributed by atoms with van der Waals surface area (Å²) in [5.74, 6) is 0.239. The van der Waals surface area contributed by atoms with Crippen molar-refractivity contribution in [1.29, 1.82) is 0 Å². The molecule has 1 aromatic carbocycles. The van der Waals surface area contributed by atoms with Gasteiger partial charge >= 0.3 is 6.03 Å². The second-order valence-electron chi connectivity index (χ2n) is 5.94. The van der Waals surface area contributed by atoms with Crippen molar-refractivity contribution < 1.29 is 9.28 Å². The van der Waals surface area contributed by atoms with Gasteiger partial charge in [-0.25, -0.2) is 19.3 Å². The highest BCUT2D eigenvalue weighted by Crippen LogP contribution is 2.38. The summed E-state index contributed by atoms with van der Waals surface area (Å²) in [7, 11) is 0. The number of hydrogen-bond acceptors (Lipinski definition) is 3. The lowest BCUT2D eigenvalue weighted by Crippen LogP contribution is -2.50. The third-order valence-electron chi connectivity index (χ3n) is 4.20. The number of allylic oxidation sites excluding steroid dienone is 1. The maximum Gasteiger partial charge on any atom is 0.439 e. The molecule has 0 N–H and O–H groups in total. The summed E-state index contributed by atoms with van der Waals surface area (Å²) < 4.78 is 1.61. The van der Waals surface area contributed by atoms with Crippen LogP contribution < -0.4 is 0 Å². The maximum atomic E-state index is 13.2. The molecular weight excluding hydrogens is 288 g/mol. The fraction of sp³-hybridized carbons (Fsp3) is 0.278. The topological polar surface area (TPSA) is 47.2 Å². The van der Waals surface area contributed by atoms with Crippen LogP contribution in [0.15, 0.2) is 59.7 Å². The number of aromatic nitrogens is 2. The summed E-state index contributed by atoms with van der Waals surface area (Å²) in [6.07, 6.45) is 6.61. The van der Waals surface area contributed by atoms with Crippen molar-refractivity contribution in [2.45, 2.75) is 20.8 Å². The fourth-order valence-corrected chi connectivity index (χ4v) is 2.98. The van der Waals surface area contributed by atoms with Crippen LogP contribution in [0.25, 0.3) is 5.70 Å². The Morgan fingerprint density at radius 2 is 2.00 bits per heavy atom. The minimum Gasteiger partial charge on any atom is -0.245 e. The second kappa shape index (κ2) is 5.93. The van der Waals surface area contributed by atoms with Crippen LogP contribution in [-0.2, 0) is 0 Å². The first-order valence-electron chi connectivity index (χ1n) is 7.86. The molecular formula is C18H21N4O+. The monoisotopic (exact) mass is 309 g/mol. The maximum absolute atomic E-state index is 13.2. The van der Waals surface area contributed by atoms with Gasteiger partial charge in [0, 0.05) is 23.9 Å². The summed E-state index contributed by atoms with van der Waals surface area (Å²) >= 11 is 0. The molecule has 118 valence electrons. The zero-order chi connectivity index (χ0) is 16.4. The molecule has 1 aliphatic rings. The Morgan fingerprint density at radius 3 is 2.57 bits per heavy atom. The smallest absolute Gasteiger partial charge is 0.245 e. The first-order chi connectivity index (χ1) is 11.1. The van der Waals surface area contributed by atoms with E-state index in [1.165, 1.54) is 4.57 Å². The van der Waals surface area contributed by atoms with Gasteiger partial charge in [-0.3, -0.25) is 0 Å². The number of carbonyl (C=O) groups is 1. The third kappa shape index (κ3) is 2.43. The van der Waals surface area contributed by atoms with Gasteiger partial charge in [-0.05, 0) is 19.1 Å². The Labute approximate surface area is 136 Å². The SMILES string of the molecule is CC[N+]1(C(=O)n2ccnc2)C=NC(C(C)C)=C1c1ccccc1. The molecule has 0 radical (unpaired) electrons. The number of aliphatic imine (C=N–C) groups is 1. The van der Waals surface area contributed by atoms with Crippen molar-refractivity contribution in [2.75, 3.05) is 6.54 Å². The van der Waals surface area contributed by atoms with Gasteiger partial charge in [-0.2, -0.15) is 4.48 Å². The van der Waals surface area contributed by atoms with E-state index in [0.29, 0.717) is 6.54 Å². The summed E-state index contributed by atoms with van der Waals surface area (Å²) in [6, 6.07) is 9.97. The van der Waals surface area contributed by atoms with Crippen LogP contribution in [0.2, 0.25) is 0 Å². The summed E-state index contributed by atoms with van der Waals surface area (Å²) in [6.45, 7) is 6.81. The minimum absolute atomic E-state index is 0.0664. The van der Waals surface area contributed by atoms with E-state index in [2.05, 4.69) is 23.8 Å². The molecule has 0 aliphatic carbocycles. The molecule has 2 aromatic rings. The lowest BCUT2D eigenvalue weighted by molar-refractivity contribution is -0.666. The van der Waals surface area contributed by atoms with Crippen molar-refractivity contribution >= 4 is 18.1 Å². The second-order valence-corrected chi connectivity index (χ2v) is 5.94. The standard InChI is InChI=1S/C18H21N4O/c1-4-22(18(23)21-11-10-19-12-21)13-20-16(14(2)3)17(22)15-8-6-5-7-9-15/h5-14H,4H2,1-3H3/q+1. The molecule has 5 nitrogen and oxygen atoms in total. The average molecular weight is 309 g/mol. The molecule has 1 amide bonds. The van der Waals surface area contributed by atoms with Crippen LogP contribution in [0.3, 0.4) is 0 Å². The summed E-state index contributed by atoms with van der Waals surface area (Å²) in [4.78, 5) is 21.8. The average Bonchev–Trinajstić information content (AvgIpc) is 3.23. The Bertz CT molecular complexity index is 760. The third-order valence-corrected chi connectivity index (χ3v) is 4.20. The number of rotatable bonds is 3. The minimum atomic E-state index is -0.0664. The van der Waals surface area contributed by atoms with Gasteiger partial charge in [0.05, 0.1) is 6.54 Å². The van der Waals surface area contributed by atoms with Crippen molar-refractivity contribution in [3.05, 3.63) is 60.3 Å². The number of benzene rings is 1. The van der Waals surface area contributed by atoms with E-state index in [9.17, 15) is 4.79 Å². The number of imidazole rings is 1. The highest BCUT2D eigenvalue weighted by atomic mass is 16.2. The Kier molecular flexibility index (Phi) is 3.96. The molecule has 23 heavy (non-hydrogen) atoms. The highest BCUT2D eigenvalue weighted by molar-refractivity contribution is 5.90. The molecule has 0 saturated heterocycles. The van der Waals surface area contributed by atoms with Gasteiger partial charge in [-0.1, -0.05) is 32.0 Å². The van der Waals surface area contributed by atoms with Gasteiger partial charge in [0.1, 0.15) is 12.0 Å². The van der Waals surface area contributed by atoms with E-state index in [0.717, 1.165) is 17.0 Å². The number of quaternary nitrogens is 1. The quantitative estimate of drug-likeness (QED) is 0.811. The number of amides is 1. The molecule has 5 heteroatoms. The van der Waals surface area contributed by atoms with E-state index in [-0.39, 0.29) is 16.4 Å². The van der Waals surface area contributed by atoms with Crippen LogP contribution in [0, 0.1) is 5.92 Å². The number of nitrogens with zero attached hydrogens (tertiary/aromatic N) is 4. The van der Waals surface area contributed by atoms with Gasteiger partial charge in [0.15, 0.2) is 5.70 Å². The molecule has 2 heterocycles. The number of hydrogen-bond donors (Lipinski definition) is 0. The lowest BCUT2D eigenvalue weighted by atomic mass is 10.0.